The zero-order valence-corrected chi connectivity index (χ0v) is 22.8. The van der Waals surface area contributed by atoms with Gasteiger partial charge in [-0.05, 0) is 62.6 Å². The van der Waals surface area contributed by atoms with Gasteiger partial charge in [-0.2, -0.15) is 0 Å². The van der Waals surface area contributed by atoms with E-state index in [1.165, 1.54) is 26.9 Å². The third kappa shape index (κ3) is 6.61. The number of ether oxygens (including phenoxy) is 3. The number of nitrogens with zero attached hydrogens (tertiary/aromatic N) is 1. The van der Waals surface area contributed by atoms with Crippen molar-refractivity contribution < 1.29 is 24.1 Å². The number of aliphatic hydroxyl groups is 1. The molecule has 3 N–H and O–H groups in total. The SMILES string of the molecule is COc1cc(NC(=O)N[C@@H](CN2C3CCC2CC(Cc2ccc(Cl)cc2)C3)C(C)O)cc(OC)c1OC. The maximum atomic E-state index is 12.9. The average molecular weight is 532 g/mol. The molecule has 0 radical (unpaired) electrons. The van der Waals surface area contributed by atoms with Crippen molar-refractivity contribution in [3.63, 3.8) is 0 Å². The van der Waals surface area contributed by atoms with E-state index < -0.39 is 18.2 Å². The van der Waals surface area contributed by atoms with E-state index in [0.29, 0.717) is 47.5 Å². The van der Waals surface area contributed by atoms with Crippen molar-refractivity contribution in [2.24, 2.45) is 5.92 Å². The average Bonchev–Trinajstić information content (AvgIpc) is 3.11. The lowest BCUT2D eigenvalue weighted by Gasteiger charge is -2.41. The highest BCUT2D eigenvalue weighted by Gasteiger charge is 2.41. The van der Waals surface area contributed by atoms with Crippen molar-refractivity contribution in [2.45, 2.75) is 63.3 Å². The first-order valence-electron chi connectivity index (χ1n) is 12.9. The van der Waals surface area contributed by atoms with Gasteiger partial charge >= 0.3 is 6.03 Å². The molecule has 9 heteroatoms. The number of carbonyl (C=O) groups is 1. The predicted molar refractivity (Wildman–Crippen MR) is 145 cm³/mol. The number of amides is 2. The molecule has 2 saturated heterocycles. The van der Waals surface area contributed by atoms with E-state index in [2.05, 4.69) is 27.7 Å². The molecule has 0 spiro atoms. The number of carbonyl (C=O) groups excluding carboxylic acids is 1. The lowest BCUT2D eigenvalue weighted by molar-refractivity contribution is 0.0620. The van der Waals surface area contributed by atoms with Crippen LogP contribution in [0.15, 0.2) is 36.4 Å². The Morgan fingerprint density at radius 2 is 1.65 bits per heavy atom. The Morgan fingerprint density at radius 1 is 1.05 bits per heavy atom. The number of nitrogens with one attached hydrogen (secondary N) is 2. The molecule has 202 valence electrons. The first kappa shape index (κ1) is 27.4. The minimum Gasteiger partial charge on any atom is -0.493 e. The van der Waals surface area contributed by atoms with Gasteiger partial charge in [0.15, 0.2) is 11.5 Å². The molecule has 4 rings (SSSR count). The summed E-state index contributed by atoms with van der Waals surface area (Å²) in [5, 5.41) is 17.1. The molecule has 3 unspecified atom stereocenters. The Morgan fingerprint density at radius 3 is 2.16 bits per heavy atom. The second kappa shape index (κ2) is 12.2. The van der Waals surface area contributed by atoms with Crippen molar-refractivity contribution in [1.29, 1.82) is 0 Å². The van der Waals surface area contributed by atoms with E-state index in [0.717, 1.165) is 37.1 Å². The summed E-state index contributed by atoms with van der Waals surface area (Å²) in [7, 11) is 4.58. The fourth-order valence-corrected chi connectivity index (χ4v) is 5.97. The summed E-state index contributed by atoms with van der Waals surface area (Å²) in [6.07, 6.45) is 4.94. The van der Waals surface area contributed by atoms with Crippen molar-refractivity contribution in [2.75, 3.05) is 33.2 Å². The number of hydrogen-bond acceptors (Lipinski definition) is 6. The molecule has 2 fully saturated rings. The van der Waals surface area contributed by atoms with Gasteiger partial charge in [0, 0.05) is 35.8 Å². The molecule has 0 aliphatic carbocycles. The molecule has 2 aliphatic heterocycles. The van der Waals surface area contributed by atoms with Gasteiger partial charge in [0.05, 0.1) is 39.2 Å². The Bertz CT molecular complexity index is 1030. The zero-order chi connectivity index (χ0) is 26.5. The van der Waals surface area contributed by atoms with Gasteiger partial charge in [-0.1, -0.05) is 23.7 Å². The van der Waals surface area contributed by atoms with Gasteiger partial charge < -0.3 is 30.0 Å². The molecular weight excluding hydrogens is 494 g/mol. The van der Waals surface area contributed by atoms with E-state index in [1.54, 1.807) is 19.1 Å². The maximum Gasteiger partial charge on any atom is 0.319 e. The number of methoxy groups -OCH3 is 3. The topological polar surface area (TPSA) is 92.3 Å². The van der Waals surface area contributed by atoms with Crippen molar-refractivity contribution in [3.8, 4) is 17.2 Å². The highest BCUT2D eigenvalue weighted by molar-refractivity contribution is 6.30. The zero-order valence-electron chi connectivity index (χ0n) is 22.0. The van der Waals surface area contributed by atoms with Crippen LogP contribution in [0.1, 0.15) is 38.2 Å². The normalized spacial score (nSPS) is 22.7. The van der Waals surface area contributed by atoms with Crippen LogP contribution in [-0.2, 0) is 6.42 Å². The molecule has 8 nitrogen and oxygen atoms in total. The molecular formula is C28H38ClN3O5. The van der Waals surface area contributed by atoms with Crippen molar-refractivity contribution in [1.82, 2.24) is 10.2 Å². The Kier molecular flexibility index (Phi) is 9.05. The molecule has 2 aliphatic rings. The molecule has 2 heterocycles. The maximum absolute atomic E-state index is 12.9. The van der Waals surface area contributed by atoms with Gasteiger partial charge in [0.25, 0.3) is 0 Å². The fourth-order valence-electron chi connectivity index (χ4n) is 5.84. The molecule has 2 amide bonds. The minimum absolute atomic E-state index is 0.398. The van der Waals surface area contributed by atoms with Crippen LogP contribution in [-0.4, -0.2) is 68.1 Å². The number of urea groups is 1. The number of rotatable bonds is 10. The lowest BCUT2D eigenvalue weighted by atomic mass is 9.85. The highest BCUT2D eigenvalue weighted by Crippen LogP contribution is 2.41. The number of piperidine rings is 1. The Hall–Kier alpha value is -2.68. The van der Waals surface area contributed by atoms with Crippen LogP contribution in [0.3, 0.4) is 0 Å². The molecule has 2 aromatic carbocycles. The highest BCUT2D eigenvalue weighted by atomic mass is 35.5. The number of aliphatic hydroxyl groups excluding tert-OH is 1. The summed E-state index contributed by atoms with van der Waals surface area (Å²) >= 11 is 6.05. The van der Waals surface area contributed by atoms with Crippen LogP contribution in [0.4, 0.5) is 10.5 Å². The third-order valence-corrected chi connectivity index (χ3v) is 7.90. The van der Waals surface area contributed by atoms with Crippen LogP contribution < -0.4 is 24.8 Å². The van der Waals surface area contributed by atoms with Gasteiger partial charge in [0.2, 0.25) is 5.75 Å². The number of halogens is 1. The van der Waals surface area contributed by atoms with Gasteiger partial charge in [-0.25, -0.2) is 4.79 Å². The first-order chi connectivity index (χ1) is 17.8. The molecule has 37 heavy (non-hydrogen) atoms. The quantitative estimate of drug-likeness (QED) is 0.411. The largest absolute Gasteiger partial charge is 0.493 e. The minimum atomic E-state index is -0.697. The van der Waals surface area contributed by atoms with Crippen LogP contribution in [0.5, 0.6) is 17.2 Å². The van der Waals surface area contributed by atoms with E-state index >= 15 is 0 Å². The van der Waals surface area contributed by atoms with E-state index in [-0.39, 0.29) is 0 Å². The summed E-state index contributed by atoms with van der Waals surface area (Å²) in [4.78, 5) is 15.4. The summed E-state index contributed by atoms with van der Waals surface area (Å²) in [5.41, 5.74) is 1.83. The van der Waals surface area contributed by atoms with Gasteiger partial charge in [0.1, 0.15) is 0 Å². The lowest BCUT2D eigenvalue weighted by Crippen LogP contribution is -2.54. The van der Waals surface area contributed by atoms with Crippen LogP contribution >= 0.6 is 11.6 Å². The summed E-state index contributed by atoms with van der Waals surface area (Å²) in [6.45, 7) is 2.34. The Labute approximate surface area is 224 Å². The molecule has 0 aromatic heterocycles. The Balaban J connectivity index is 1.37. The molecule has 4 atom stereocenters. The van der Waals surface area contributed by atoms with Gasteiger partial charge in [-0.3, -0.25) is 4.90 Å². The number of hydrogen-bond donors (Lipinski definition) is 3. The molecule has 2 bridgehead atoms. The number of anilines is 1. The predicted octanol–water partition coefficient (Wildman–Crippen LogP) is 4.72. The van der Waals surface area contributed by atoms with E-state index in [4.69, 9.17) is 25.8 Å². The van der Waals surface area contributed by atoms with E-state index in [1.807, 2.05) is 12.1 Å². The molecule has 0 saturated carbocycles. The van der Waals surface area contributed by atoms with Crippen LogP contribution in [0.25, 0.3) is 0 Å². The third-order valence-electron chi connectivity index (χ3n) is 7.65. The van der Waals surface area contributed by atoms with Crippen molar-refractivity contribution in [3.05, 3.63) is 47.0 Å². The standard InChI is InChI=1S/C28H38ClN3O5/c1-17(33)24(31-28(34)30-21-14-25(35-2)27(37-4)26(15-21)36-3)16-32-22-9-10-23(32)13-19(12-22)11-18-5-7-20(29)8-6-18/h5-8,14-15,17,19,22-24,33H,9-13,16H2,1-4H3,(H2,30,31,34)/t17?,19?,22?,23?,24-/m0/s1. The number of benzene rings is 2. The summed E-state index contributed by atoms with van der Waals surface area (Å²) < 4.78 is 16.1. The second-order valence-corrected chi connectivity index (χ2v) is 10.5. The monoisotopic (exact) mass is 531 g/mol. The summed E-state index contributed by atoms with van der Waals surface area (Å²) in [5.74, 6) is 1.98. The van der Waals surface area contributed by atoms with Gasteiger partial charge in [-0.15, -0.1) is 0 Å². The fraction of sp³-hybridized carbons (Fsp3) is 0.536. The first-order valence-corrected chi connectivity index (χ1v) is 13.2. The van der Waals surface area contributed by atoms with Crippen LogP contribution in [0, 0.1) is 5.92 Å². The summed E-state index contributed by atoms with van der Waals surface area (Å²) in [6, 6.07) is 11.6. The van der Waals surface area contributed by atoms with E-state index in [9.17, 15) is 9.90 Å². The van der Waals surface area contributed by atoms with Crippen molar-refractivity contribution >= 4 is 23.3 Å². The number of fused-ring (bicyclic) bond motifs is 2. The second-order valence-electron chi connectivity index (χ2n) is 10.1. The molecule has 2 aromatic rings. The smallest absolute Gasteiger partial charge is 0.319 e. The van der Waals surface area contributed by atoms with Crippen LogP contribution in [0.2, 0.25) is 5.02 Å².